The van der Waals surface area contributed by atoms with E-state index in [9.17, 15) is 4.79 Å². The van der Waals surface area contributed by atoms with Crippen molar-refractivity contribution in [3.8, 4) is 0 Å². The molecule has 0 bridgehead atoms. The Hall–Kier alpha value is -2.33. The highest BCUT2D eigenvalue weighted by atomic mass is 16.2. The van der Waals surface area contributed by atoms with Crippen molar-refractivity contribution in [2.24, 2.45) is 0 Å². The van der Waals surface area contributed by atoms with Gasteiger partial charge in [0, 0.05) is 38.4 Å². The van der Waals surface area contributed by atoms with Gasteiger partial charge in [0.15, 0.2) is 0 Å². The molecule has 1 fully saturated rings. The third kappa shape index (κ3) is 3.77. The maximum Gasteiger partial charge on any atom is 0.255 e. The Bertz CT molecular complexity index is 678. The van der Waals surface area contributed by atoms with Gasteiger partial charge < -0.3 is 10.6 Å². The minimum atomic E-state index is 0.0228. The van der Waals surface area contributed by atoms with Gasteiger partial charge in [-0.25, -0.2) is 0 Å². The molecule has 2 N–H and O–H groups in total. The molecule has 0 unspecified atom stereocenters. The number of nitrogen functional groups attached to an aromatic ring is 1. The molecule has 2 aromatic carbocycles. The number of hydrogen-bond donors (Lipinski definition) is 1. The second-order valence-electron chi connectivity index (χ2n) is 6.50. The summed E-state index contributed by atoms with van der Waals surface area (Å²) in [6.45, 7) is 3.01. The molecule has 4 heteroatoms. The Kier molecular flexibility index (Phi) is 5.16. The molecule has 0 aromatic heterocycles. The van der Waals surface area contributed by atoms with Gasteiger partial charge in [0.05, 0.1) is 5.56 Å². The van der Waals surface area contributed by atoms with E-state index in [0.717, 1.165) is 32.5 Å². The number of carbonyl (C=O) groups is 1. The third-order valence-electron chi connectivity index (χ3n) is 4.87. The maximum atomic E-state index is 12.7. The van der Waals surface area contributed by atoms with Crippen LogP contribution in [0.25, 0.3) is 0 Å². The first-order valence-electron chi connectivity index (χ1n) is 8.53. The summed E-state index contributed by atoms with van der Waals surface area (Å²) in [6.07, 6.45) is 2.00. The number of para-hydroxylation sites is 1. The van der Waals surface area contributed by atoms with Crippen LogP contribution in [0.1, 0.15) is 28.8 Å². The third-order valence-corrected chi connectivity index (χ3v) is 4.87. The Morgan fingerprint density at radius 2 is 1.71 bits per heavy atom. The number of amides is 1. The molecular weight excluding hydrogens is 298 g/mol. The standard InChI is InChI=1S/C20H25N3O/c1-22(20(24)18-9-5-6-10-19(18)21)17-11-13-23(14-12-17)15-16-7-3-2-4-8-16/h2-10,17H,11-15,21H2,1H3. The van der Waals surface area contributed by atoms with E-state index < -0.39 is 0 Å². The number of nitrogens with two attached hydrogens (primary N) is 1. The van der Waals surface area contributed by atoms with Gasteiger partial charge in [0.1, 0.15) is 0 Å². The summed E-state index contributed by atoms with van der Waals surface area (Å²) >= 11 is 0. The summed E-state index contributed by atoms with van der Waals surface area (Å²) in [5.41, 5.74) is 8.44. The fourth-order valence-electron chi connectivity index (χ4n) is 3.35. The second-order valence-corrected chi connectivity index (χ2v) is 6.50. The van der Waals surface area contributed by atoms with Crippen molar-refractivity contribution in [2.45, 2.75) is 25.4 Å². The molecule has 3 rings (SSSR count). The van der Waals surface area contributed by atoms with E-state index in [1.807, 2.05) is 30.1 Å². The van der Waals surface area contributed by atoms with Crippen LogP contribution in [-0.4, -0.2) is 41.9 Å². The Balaban J connectivity index is 1.56. The Morgan fingerprint density at radius 3 is 2.38 bits per heavy atom. The van der Waals surface area contributed by atoms with Crippen molar-refractivity contribution < 1.29 is 4.79 Å². The van der Waals surface area contributed by atoms with Gasteiger partial charge in [0.25, 0.3) is 5.91 Å². The molecule has 0 atom stereocenters. The molecule has 4 nitrogen and oxygen atoms in total. The molecular formula is C20H25N3O. The van der Waals surface area contributed by atoms with Crippen LogP contribution in [0.4, 0.5) is 5.69 Å². The minimum absolute atomic E-state index is 0.0228. The molecule has 1 aliphatic rings. The predicted molar refractivity (Wildman–Crippen MR) is 97.7 cm³/mol. The predicted octanol–water partition coefficient (Wildman–Crippen LogP) is 3.01. The van der Waals surface area contributed by atoms with E-state index in [4.69, 9.17) is 5.73 Å². The molecule has 0 aliphatic carbocycles. The molecule has 1 saturated heterocycles. The van der Waals surface area contributed by atoms with E-state index in [2.05, 4.69) is 29.2 Å². The van der Waals surface area contributed by atoms with Crippen LogP contribution in [0.15, 0.2) is 54.6 Å². The number of benzene rings is 2. The second kappa shape index (κ2) is 7.49. The number of hydrogen-bond acceptors (Lipinski definition) is 3. The fraction of sp³-hybridized carbons (Fsp3) is 0.350. The topological polar surface area (TPSA) is 49.6 Å². The van der Waals surface area contributed by atoms with Crippen LogP contribution < -0.4 is 5.73 Å². The van der Waals surface area contributed by atoms with Crippen molar-refractivity contribution in [2.75, 3.05) is 25.9 Å². The monoisotopic (exact) mass is 323 g/mol. The average molecular weight is 323 g/mol. The zero-order valence-corrected chi connectivity index (χ0v) is 14.2. The van der Waals surface area contributed by atoms with E-state index in [0.29, 0.717) is 11.3 Å². The first kappa shape index (κ1) is 16.5. The van der Waals surface area contributed by atoms with Crippen LogP contribution in [-0.2, 0) is 6.54 Å². The first-order chi connectivity index (χ1) is 11.6. The van der Waals surface area contributed by atoms with Crippen LogP contribution >= 0.6 is 0 Å². The number of rotatable bonds is 4. The Morgan fingerprint density at radius 1 is 1.08 bits per heavy atom. The number of likely N-dealkylation sites (tertiary alicyclic amines) is 1. The lowest BCUT2D eigenvalue weighted by Crippen LogP contribution is -2.45. The number of piperidine rings is 1. The van der Waals surface area contributed by atoms with E-state index in [1.165, 1.54) is 5.56 Å². The van der Waals surface area contributed by atoms with Gasteiger partial charge in [-0.15, -0.1) is 0 Å². The summed E-state index contributed by atoms with van der Waals surface area (Å²) in [7, 11) is 1.90. The normalized spacial score (nSPS) is 16.0. The SMILES string of the molecule is CN(C(=O)c1ccccc1N)C1CCN(Cc2ccccc2)CC1. The summed E-state index contributed by atoms with van der Waals surface area (Å²) in [6, 6.07) is 18.1. The van der Waals surface area contributed by atoms with Gasteiger partial charge in [-0.3, -0.25) is 9.69 Å². The van der Waals surface area contributed by atoms with Crippen molar-refractivity contribution in [3.63, 3.8) is 0 Å². The largest absolute Gasteiger partial charge is 0.398 e. The molecule has 24 heavy (non-hydrogen) atoms. The highest BCUT2D eigenvalue weighted by molar-refractivity contribution is 5.99. The maximum absolute atomic E-state index is 12.7. The lowest BCUT2D eigenvalue weighted by atomic mass is 10.0. The van der Waals surface area contributed by atoms with Gasteiger partial charge in [0.2, 0.25) is 0 Å². The van der Waals surface area contributed by atoms with Gasteiger partial charge in [-0.05, 0) is 30.5 Å². The molecule has 0 saturated carbocycles. The summed E-state index contributed by atoms with van der Waals surface area (Å²) in [5.74, 6) is 0.0228. The Labute approximate surface area is 143 Å². The van der Waals surface area contributed by atoms with Crippen LogP contribution in [0.5, 0.6) is 0 Å². The minimum Gasteiger partial charge on any atom is -0.398 e. The van der Waals surface area contributed by atoms with Gasteiger partial charge in [-0.1, -0.05) is 42.5 Å². The molecule has 1 amide bonds. The zero-order chi connectivity index (χ0) is 16.9. The molecule has 0 spiro atoms. The van der Waals surface area contributed by atoms with Crippen molar-refractivity contribution in [1.82, 2.24) is 9.80 Å². The number of nitrogens with zero attached hydrogens (tertiary/aromatic N) is 2. The molecule has 1 aliphatic heterocycles. The fourth-order valence-corrected chi connectivity index (χ4v) is 3.35. The lowest BCUT2D eigenvalue weighted by molar-refractivity contribution is 0.0637. The smallest absolute Gasteiger partial charge is 0.255 e. The first-order valence-corrected chi connectivity index (χ1v) is 8.53. The number of carbonyl (C=O) groups excluding carboxylic acids is 1. The van der Waals surface area contributed by atoms with Gasteiger partial charge >= 0.3 is 0 Å². The summed E-state index contributed by atoms with van der Waals surface area (Å²) in [4.78, 5) is 17.0. The van der Waals surface area contributed by atoms with E-state index >= 15 is 0 Å². The average Bonchev–Trinajstić information content (AvgIpc) is 2.62. The molecule has 2 aromatic rings. The van der Waals surface area contributed by atoms with Gasteiger partial charge in [-0.2, -0.15) is 0 Å². The summed E-state index contributed by atoms with van der Waals surface area (Å²) in [5, 5.41) is 0. The summed E-state index contributed by atoms with van der Waals surface area (Å²) < 4.78 is 0. The highest BCUT2D eigenvalue weighted by Gasteiger charge is 2.26. The zero-order valence-electron chi connectivity index (χ0n) is 14.2. The molecule has 0 radical (unpaired) electrons. The van der Waals surface area contributed by atoms with E-state index in [-0.39, 0.29) is 11.9 Å². The van der Waals surface area contributed by atoms with E-state index in [1.54, 1.807) is 12.1 Å². The lowest BCUT2D eigenvalue weighted by Gasteiger charge is -2.37. The van der Waals surface area contributed by atoms with Crippen LogP contribution in [0.3, 0.4) is 0 Å². The van der Waals surface area contributed by atoms with Crippen molar-refractivity contribution >= 4 is 11.6 Å². The van der Waals surface area contributed by atoms with Crippen molar-refractivity contribution in [3.05, 3.63) is 65.7 Å². The van der Waals surface area contributed by atoms with Crippen LogP contribution in [0.2, 0.25) is 0 Å². The molecule has 1 heterocycles. The quantitative estimate of drug-likeness (QED) is 0.880. The van der Waals surface area contributed by atoms with Crippen LogP contribution in [0, 0.1) is 0 Å². The number of anilines is 1. The van der Waals surface area contributed by atoms with Crippen molar-refractivity contribution in [1.29, 1.82) is 0 Å². The highest BCUT2D eigenvalue weighted by Crippen LogP contribution is 2.21. The molecule has 126 valence electrons.